The molecular formula is C9H16. The normalized spacial score (nSPS) is 48.8. The Balaban J connectivity index is 2.49. The maximum atomic E-state index is 3.75. The molecule has 52 valence electrons. The van der Waals surface area contributed by atoms with Crippen molar-refractivity contribution in [1.29, 1.82) is 0 Å². The van der Waals surface area contributed by atoms with E-state index in [-0.39, 0.29) is 0 Å². The highest BCUT2D eigenvalue weighted by Gasteiger charge is 2.53. The highest BCUT2D eigenvalue weighted by Crippen LogP contribution is 2.60. The molecule has 0 aromatic heterocycles. The van der Waals surface area contributed by atoms with Gasteiger partial charge in [0.25, 0.3) is 0 Å². The van der Waals surface area contributed by atoms with Gasteiger partial charge in [-0.1, -0.05) is 26.8 Å². The summed E-state index contributed by atoms with van der Waals surface area (Å²) in [6, 6.07) is 0. The standard InChI is InChI=1S/C9H16/c1-5-6-9(4)7(2)8(9)3/h5,7-8H,1,6H2,2-4H3. The van der Waals surface area contributed by atoms with Gasteiger partial charge in [0, 0.05) is 0 Å². The van der Waals surface area contributed by atoms with Gasteiger partial charge in [-0.05, 0) is 23.7 Å². The lowest BCUT2D eigenvalue weighted by atomic mass is 10.0. The molecule has 2 unspecified atom stereocenters. The zero-order chi connectivity index (χ0) is 7.07. The van der Waals surface area contributed by atoms with Crippen molar-refractivity contribution in [1.82, 2.24) is 0 Å². The van der Waals surface area contributed by atoms with Gasteiger partial charge in [0.1, 0.15) is 0 Å². The molecule has 0 N–H and O–H groups in total. The van der Waals surface area contributed by atoms with Crippen molar-refractivity contribution in [3.05, 3.63) is 12.7 Å². The van der Waals surface area contributed by atoms with Crippen LogP contribution in [0.3, 0.4) is 0 Å². The molecular weight excluding hydrogens is 108 g/mol. The summed E-state index contributed by atoms with van der Waals surface area (Å²) in [4.78, 5) is 0. The second-order valence-corrected chi connectivity index (χ2v) is 3.58. The van der Waals surface area contributed by atoms with Crippen LogP contribution in [0.25, 0.3) is 0 Å². The predicted molar refractivity (Wildman–Crippen MR) is 41.2 cm³/mol. The molecule has 0 aromatic rings. The van der Waals surface area contributed by atoms with Crippen LogP contribution in [0.5, 0.6) is 0 Å². The zero-order valence-electron chi connectivity index (χ0n) is 6.65. The summed E-state index contributed by atoms with van der Waals surface area (Å²) in [5.41, 5.74) is 0.599. The summed E-state index contributed by atoms with van der Waals surface area (Å²) < 4.78 is 0. The summed E-state index contributed by atoms with van der Waals surface area (Å²) in [6.07, 6.45) is 3.23. The predicted octanol–water partition coefficient (Wildman–Crippen LogP) is 2.85. The molecule has 1 aliphatic rings. The second kappa shape index (κ2) is 1.86. The number of hydrogen-bond acceptors (Lipinski definition) is 0. The summed E-state index contributed by atoms with van der Waals surface area (Å²) in [5.74, 6) is 1.82. The Morgan fingerprint density at radius 1 is 1.44 bits per heavy atom. The molecule has 0 heteroatoms. The molecule has 0 amide bonds. The number of hydrogen-bond donors (Lipinski definition) is 0. The Morgan fingerprint density at radius 3 is 2.00 bits per heavy atom. The Hall–Kier alpha value is -0.260. The summed E-state index contributed by atoms with van der Waals surface area (Å²) in [5, 5.41) is 0. The van der Waals surface area contributed by atoms with E-state index in [2.05, 4.69) is 27.4 Å². The van der Waals surface area contributed by atoms with Crippen LogP contribution in [0.4, 0.5) is 0 Å². The van der Waals surface area contributed by atoms with Crippen LogP contribution in [-0.2, 0) is 0 Å². The van der Waals surface area contributed by atoms with Crippen LogP contribution in [0, 0.1) is 17.3 Å². The van der Waals surface area contributed by atoms with Crippen molar-refractivity contribution >= 4 is 0 Å². The fraction of sp³-hybridized carbons (Fsp3) is 0.778. The van der Waals surface area contributed by atoms with E-state index in [1.54, 1.807) is 0 Å². The van der Waals surface area contributed by atoms with Crippen LogP contribution in [-0.4, -0.2) is 0 Å². The van der Waals surface area contributed by atoms with Gasteiger partial charge < -0.3 is 0 Å². The van der Waals surface area contributed by atoms with Crippen LogP contribution in [0.2, 0.25) is 0 Å². The highest BCUT2D eigenvalue weighted by molar-refractivity contribution is 5.05. The minimum absolute atomic E-state index is 0.599. The van der Waals surface area contributed by atoms with Gasteiger partial charge in [-0.2, -0.15) is 0 Å². The van der Waals surface area contributed by atoms with Crippen molar-refractivity contribution in [2.45, 2.75) is 27.2 Å². The first-order valence-electron chi connectivity index (χ1n) is 3.74. The number of rotatable bonds is 2. The average Bonchev–Trinajstić information content (AvgIpc) is 2.22. The molecule has 1 saturated carbocycles. The van der Waals surface area contributed by atoms with Crippen molar-refractivity contribution in [3.63, 3.8) is 0 Å². The first kappa shape index (κ1) is 6.85. The smallest absolute Gasteiger partial charge is 0.0235 e. The van der Waals surface area contributed by atoms with Gasteiger partial charge >= 0.3 is 0 Å². The Morgan fingerprint density at radius 2 is 1.89 bits per heavy atom. The maximum absolute atomic E-state index is 3.75. The van der Waals surface area contributed by atoms with E-state index >= 15 is 0 Å². The molecule has 1 fully saturated rings. The zero-order valence-corrected chi connectivity index (χ0v) is 6.65. The lowest BCUT2D eigenvalue weighted by molar-refractivity contribution is 0.504. The third-order valence-corrected chi connectivity index (χ3v) is 3.31. The summed E-state index contributed by atoms with van der Waals surface area (Å²) in [7, 11) is 0. The molecule has 0 radical (unpaired) electrons. The fourth-order valence-corrected chi connectivity index (χ4v) is 1.75. The molecule has 0 saturated heterocycles. The first-order chi connectivity index (χ1) is 4.13. The summed E-state index contributed by atoms with van der Waals surface area (Å²) in [6.45, 7) is 10.8. The van der Waals surface area contributed by atoms with Crippen LogP contribution in [0.15, 0.2) is 12.7 Å². The van der Waals surface area contributed by atoms with Crippen LogP contribution in [0.1, 0.15) is 27.2 Å². The van der Waals surface area contributed by atoms with Gasteiger partial charge in [-0.25, -0.2) is 0 Å². The molecule has 0 bridgehead atoms. The molecule has 0 spiro atoms. The maximum Gasteiger partial charge on any atom is -0.0235 e. The van der Waals surface area contributed by atoms with Crippen molar-refractivity contribution in [2.24, 2.45) is 17.3 Å². The van der Waals surface area contributed by atoms with E-state index in [4.69, 9.17) is 0 Å². The molecule has 1 rings (SSSR count). The Kier molecular flexibility index (Phi) is 1.42. The molecule has 2 atom stereocenters. The van der Waals surface area contributed by atoms with Gasteiger partial charge in [0.2, 0.25) is 0 Å². The van der Waals surface area contributed by atoms with Crippen LogP contribution < -0.4 is 0 Å². The van der Waals surface area contributed by atoms with E-state index < -0.39 is 0 Å². The largest absolute Gasteiger partial charge is 0.103 e. The van der Waals surface area contributed by atoms with Gasteiger partial charge in [-0.15, -0.1) is 6.58 Å². The van der Waals surface area contributed by atoms with Crippen molar-refractivity contribution < 1.29 is 0 Å². The molecule has 0 nitrogen and oxygen atoms in total. The quantitative estimate of drug-likeness (QED) is 0.496. The summed E-state index contributed by atoms with van der Waals surface area (Å²) >= 11 is 0. The minimum atomic E-state index is 0.599. The third-order valence-electron chi connectivity index (χ3n) is 3.31. The van der Waals surface area contributed by atoms with Crippen molar-refractivity contribution in [2.75, 3.05) is 0 Å². The monoisotopic (exact) mass is 124 g/mol. The minimum Gasteiger partial charge on any atom is -0.103 e. The lowest BCUT2D eigenvalue weighted by Gasteiger charge is -2.04. The Labute approximate surface area is 58.0 Å². The highest BCUT2D eigenvalue weighted by atomic mass is 14.6. The molecule has 0 aliphatic heterocycles. The third kappa shape index (κ3) is 0.810. The van der Waals surface area contributed by atoms with E-state index in [9.17, 15) is 0 Å². The molecule has 0 aromatic carbocycles. The van der Waals surface area contributed by atoms with E-state index in [1.807, 2.05) is 6.08 Å². The molecule has 1 aliphatic carbocycles. The van der Waals surface area contributed by atoms with E-state index in [0.29, 0.717) is 5.41 Å². The van der Waals surface area contributed by atoms with Crippen molar-refractivity contribution in [3.8, 4) is 0 Å². The average molecular weight is 124 g/mol. The van der Waals surface area contributed by atoms with Gasteiger partial charge in [0.15, 0.2) is 0 Å². The first-order valence-corrected chi connectivity index (χ1v) is 3.74. The second-order valence-electron chi connectivity index (χ2n) is 3.58. The van der Waals surface area contributed by atoms with E-state index in [0.717, 1.165) is 11.8 Å². The van der Waals surface area contributed by atoms with Crippen LogP contribution >= 0.6 is 0 Å². The molecule has 9 heavy (non-hydrogen) atoms. The topological polar surface area (TPSA) is 0 Å². The molecule has 0 heterocycles. The Bertz CT molecular complexity index is 116. The SMILES string of the molecule is C=CCC1(C)C(C)C1C. The van der Waals surface area contributed by atoms with Gasteiger partial charge in [-0.3, -0.25) is 0 Å². The number of allylic oxidation sites excluding steroid dienone is 1. The fourth-order valence-electron chi connectivity index (χ4n) is 1.75. The van der Waals surface area contributed by atoms with E-state index in [1.165, 1.54) is 6.42 Å². The lowest BCUT2D eigenvalue weighted by Crippen LogP contribution is -1.94. The van der Waals surface area contributed by atoms with Gasteiger partial charge in [0.05, 0.1) is 0 Å².